The molecule has 0 N–H and O–H groups in total. The van der Waals surface area contributed by atoms with E-state index in [-0.39, 0.29) is 18.1 Å². The third-order valence-corrected chi connectivity index (χ3v) is 4.01. The molecule has 0 spiro atoms. The van der Waals surface area contributed by atoms with E-state index in [0.29, 0.717) is 32.1 Å². The summed E-state index contributed by atoms with van der Waals surface area (Å²) < 4.78 is 9.96. The van der Waals surface area contributed by atoms with Gasteiger partial charge >= 0.3 is 12.0 Å². The lowest BCUT2D eigenvalue weighted by molar-refractivity contribution is 0.0547. The van der Waals surface area contributed by atoms with Crippen molar-refractivity contribution in [2.24, 2.45) is 0 Å². The Morgan fingerprint density at radius 2 is 1.81 bits per heavy atom. The Labute approximate surface area is 151 Å². The molecule has 2 amide bonds. The Hall–Kier alpha value is -3.00. The van der Waals surface area contributed by atoms with Gasteiger partial charge in [-0.15, -0.1) is 0 Å². The fraction of sp³-hybridized carbons (Fsp3) is 0.333. The second-order valence-corrected chi connectivity index (χ2v) is 5.68. The van der Waals surface area contributed by atoms with Crippen LogP contribution < -0.4 is 4.90 Å². The maximum Gasteiger partial charge on any atom is 0.341 e. The highest BCUT2D eigenvalue weighted by Gasteiger charge is 2.25. The minimum atomic E-state index is -0.499. The van der Waals surface area contributed by atoms with Crippen molar-refractivity contribution in [3.63, 3.8) is 0 Å². The van der Waals surface area contributed by atoms with E-state index >= 15 is 0 Å². The molecule has 0 bridgehead atoms. The minimum absolute atomic E-state index is 0.125. The normalized spacial score (nSPS) is 14.0. The van der Waals surface area contributed by atoms with Crippen LogP contribution in [0.1, 0.15) is 16.2 Å². The van der Waals surface area contributed by atoms with E-state index in [1.54, 1.807) is 9.80 Å². The van der Waals surface area contributed by atoms with Gasteiger partial charge in [-0.3, -0.25) is 4.90 Å². The number of amides is 2. The highest BCUT2D eigenvalue weighted by atomic mass is 16.5. The molecule has 1 aliphatic rings. The van der Waals surface area contributed by atoms with Crippen molar-refractivity contribution in [1.29, 1.82) is 0 Å². The van der Waals surface area contributed by atoms with E-state index in [1.165, 1.54) is 19.5 Å². The molecule has 2 heterocycles. The fourth-order valence-corrected chi connectivity index (χ4v) is 2.60. The molecule has 0 saturated carbocycles. The van der Waals surface area contributed by atoms with E-state index in [2.05, 4.69) is 14.7 Å². The molecule has 1 aromatic heterocycles. The number of hydrogen-bond acceptors (Lipinski definition) is 6. The Balaban J connectivity index is 1.81. The number of ether oxygens (including phenoxy) is 2. The number of carbonyl (C=O) groups excluding carboxylic acids is 2. The van der Waals surface area contributed by atoms with Crippen LogP contribution in [-0.2, 0) is 16.0 Å². The van der Waals surface area contributed by atoms with Gasteiger partial charge in [-0.2, -0.15) is 0 Å². The molecule has 1 aliphatic heterocycles. The van der Waals surface area contributed by atoms with Crippen molar-refractivity contribution in [3.8, 4) is 0 Å². The summed E-state index contributed by atoms with van der Waals surface area (Å²) in [5.41, 5.74) is 1.02. The van der Waals surface area contributed by atoms with Gasteiger partial charge < -0.3 is 14.4 Å². The van der Waals surface area contributed by atoms with Crippen LogP contribution in [0.5, 0.6) is 0 Å². The number of aromatic nitrogens is 2. The lowest BCUT2D eigenvalue weighted by Crippen LogP contribution is -2.48. The number of hydrogen-bond donors (Lipinski definition) is 0. The quantitative estimate of drug-likeness (QED) is 0.776. The van der Waals surface area contributed by atoms with E-state index in [9.17, 15) is 9.59 Å². The molecular formula is C18H20N4O4. The number of benzene rings is 1. The molecule has 136 valence electrons. The second kappa shape index (κ2) is 8.39. The number of urea groups is 1. The molecule has 8 nitrogen and oxygen atoms in total. The molecule has 0 unspecified atom stereocenters. The maximum atomic E-state index is 13.0. The SMILES string of the molecule is COC(=O)c1cnc(CN(C(=O)N2CCOCC2)c2ccccc2)nc1. The molecule has 0 radical (unpaired) electrons. The van der Waals surface area contributed by atoms with E-state index in [1.807, 2.05) is 30.3 Å². The molecule has 2 aromatic rings. The minimum Gasteiger partial charge on any atom is -0.465 e. The first-order valence-corrected chi connectivity index (χ1v) is 8.27. The van der Waals surface area contributed by atoms with Crippen molar-refractivity contribution in [2.45, 2.75) is 6.54 Å². The van der Waals surface area contributed by atoms with Crippen LogP contribution in [0.2, 0.25) is 0 Å². The van der Waals surface area contributed by atoms with Crippen molar-refractivity contribution in [1.82, 2.24) is 14.9 Å². The van der Waals surface area contributed by atoms with Gasteiger partial charge in [0.1, 0.15) is 5.82 Å². The van der Waals surface area contributed by atoms with Gasteiger partial charge in [0.05, 0.1) is 32.4 Å². The largest absolute Gasteiger partial charge is 0.465 e. The average molecular weight is 356 g/mol. The first-order chi connectivity index (χ1) is 12.7. The lowest BCUT2D eigenvalue weighted by atomic mass is 10.3. The zero-order chi connectivity index (χ0) is 18.4. The van der Waals surface area contributed by atoms with Crippen LogP contribution in [0.3, 0.4) is 0 Å². The fourth-order valence-electron chi connectivity index (χ4n) is 2.60. The smallest absolute Gasteiger partial charge is 0.341 e. The summed E-state index contributed by atoms with van der Waals surface area (Å²) in [7, 11) is 1.30. The summed E-state index contributed by atoms with van der Waals surface area (Å²) >= 11 is 0. The number of carbonyl (C=O) groups is 2. The summed E-state index contributed by atoms with van der Waals surface area (Å²) in [6, 6.07) is 9.23. The van der Waals surface area contributed by atoms with Crippen molar-refractivity contribution >= 4 is 17.7 Å². The van der Waals surface area contributed by atoms with E-state index < -0.39 is 5.97 Å². The van der Waals surface area contributed by atoms with Crippen LogP contribution in [0.15, 0.2) is 42.7 Å². The van der Waals surface area contributed by atoms with Gasteiger partial charge in [0.25, 0.3) is 0 Å². The lowest BCUT2D eigenvalue weighted by Gasteiger charge is -2.32. The molecule has 1 fully saturated rings. The van der Waals surface area contributed by atoms with Gasteiger partial charge in [-0.25, -0.2) is 19.6 Å². The number of rotatable bonds is 4. The Kier molecular flexibility index (Phi) is 5.75. The molecule has 26 heavy (non-hydrogen) atoms. The molecule has 3 rings (SSSR count). The van der Waals surface area contributed by atoms with Gasteiger partial charge in [0.2, 0.25) is 0 Å². The first-order valence-electron chi connectivity index (χ1n) is 8.27. The summed E-state index contributed by atoms with van der Waals surface area (Å²) in [5, 5.41) is 0. The topological polar surface area (TPSA) is 84.9 Å². The zero-order valence-electron chi connectivity index (χ0n) is 14.5. The summed E-state index contributed by atoms with van der Waals surface area (Å²) in [4.78, 5) is 36.2. The zero-order valence-corrected chi connectivity index (χ0v) is 14.5. The standard InChI is InChI=1S/C18H20N4O4/c1-25-17(23)14-11-19-16(20-12-14)13-22(15-5-3-2-4-6-15)18(24)21-7-9-26-10-8-21/h2-6,11-12H,7-10,13H2,1H3. The van der Waals surface area contributed by atoms with Gasteiger partial charge in [0, 0.05) is 31.2 Å². The summed E-state index contributed by atoms with van der Waals surface area (Å²) in [6.07, 6.45) is 2.80. The van der Waals surface area contributed by atoms with Crippen LogP contribution in [0, 0.1) is 0 Å². The predicted octanol–water partition coefficient (Wildman–Crippen LogP) is 1.72. The maximum absolute atomic E-state index is 13.0. The van der Waals surface area contributed by atoms with E-state index in [0.717, 1.165) is 5.69 Å². The molecule has 1 aromatic carbocycles. The van der Waals surface area contributed by atoms with Gasteiger partial charge in [0.15, 0.2) is 0 Å². The van der Waals surface area contributed by atoms with Crippen molar-refractivity contribution < 1.29 is 19.1 Å². The van der Waals surface area contributed by atoms with Gasteiger partial charge in [-0.05, 0) is 12.1 Å². The van der Waals surface area contributed by atoms with Crippen LogP contribution >= 0.6 is 0 Å². The van der Waals surface area contributed by atoms with Crippen molar-refractivity contribution in [2.75, 3.05) is 38.3 Å². The Bertz CT molecular complexity index is 746. The van der Waals surface area contributed by atoms with Crippen LogP contribution in [0.4, 0.5) is 10.5 Å². The highest BCUT2D eigenvalue weighted by molar-refractivity contribution is 5.92. The molecule has 0 atom stereocenters. The highest BCUT2D eigenvalue weighted by Crippen LogP contribution is 2.18. The summed E-state index contributed by atoms with van der Waals surface area (Å²) in [6.45, 7) is 2.34. The molecule has 0 aliphatic carbocycles. The number of methoxy groups -OCH3 is 1. The van der Waals surface area contributed by atoms with Crippen LogP contribution in [-0.4, -0.2) is 60.3 Å². The summed E-state index contributed by atoms with van der Waals surface area (Å²) in [5.74, 6) is -0.0658. The predicted molar refractivity (Wildman–Crippen MR) is 93.8 cm³/mol. The third-order valence-electron chi connectivity index (χ3n) is 4.01. The number of nitrogens with zero attached hydrogens (tertiary/aromatic N) is 4. The number of morpholine rings is 1. The monoisotopic (exact) mass is 356 g/mol. The second-order valence-electron chi connectivity index (χ2n) is 5.68. The number of esters is 1. The van der Waals surface area contributed by atoms with Crippen LogP contribution in [0.25, 0.3) is 0 Å². The number of anilines is 1. The van der Waals surface area contributed by atoms with Crippen molar-refractivity contribution in [3.05, 3.63) is 54.1 Å². The molecular weight excluding hydrogens is 336 g/mol. The average Bonchev–Trinajstić information content (AvgIpc) is 2.72. The van der Waals surface area contributed by atoms with Gasteiger partial charge in [-0.1, -0.05) is 18.2 Å². The third kappa shape index (κ3) is 4.15. The number of para-hydroxylation sites is 1. The molecule has 1 saturated heterocycles. The Morgan fingerprint density at radius 3 is 2.42 bits per heavy atom. The first kappa shape index (κ1) is 17.8. The molecule has 8 heteroatoms. The Morgan fingerprint density at radius 1 is 1.15 bits per heavy atom. The van der Waals surface area contributed by atoms with E-state index in [4.69, 9.17) is 4.74 Å².